The molecule has 0 radical (unpaired) electrons. The number of rotatable bonds is 5. The first-order valence-corrected chi connectivity index (χ1v) is 13.5. The predicted octanol–water partition coefficient (Wildman–Crippen LogP) is 4.95. The van der Waals surface area contributed by atoms with Crippen molar-refractivity contribution in [2.24, 2.45) is 22.6 Å². The van der Waals surface area contributed by atoms with E-state index < -0.39 is 5.54 Å². The van der Waals surface area contributed by atoms with E-state index in [1.807, 2.05) is 60.6 Å². The molecule has 1 fully saturated rings. The van der Waals surface area contributed by atoms with Crippen molar-refractivity contribution < 1.29 is 19.1 Å². The average molecular weight is 549 g/mol. The van der Waals surface area contributed by atoms with Gasteiger partial charge in [0.15, 0.2) is 5.96 Å². The maximum absolute atomic E-state index is 12.9. The SMILES string of the molecule is C#C.CC.CC1(C)CC(=O)N(C[C@H]2CC2C(=O)N[C@H]2CC(C)(C)Oc3ccc(Cl)cc32)C(N)=N1.CCOC. The van der Waals surface area contributed by atoms with Gasteiger partial charge in [0.2, 0.25) is 11.8 Å². The summed E-state index contributed by atoms with van der Waals surface area (Å²) in [6, 6.07) is 5.33. The number of terminal acetylenes is 1. The zero-order valence-corrected chi connectivity index (χ0v) is 24.9. The fraction of sp³-hybridized carbons (Fsp3) is 0.621. The number of amides is 2. The van der Waals surface area contributed by atoms with Gasteiger partial charge in [-0.05, 0) is 65.2 Å². The number of halogens is 1. The summed E-state index contributed by atoms with van der Waals surface area (Å²) >= 11 is 6.17. The Morgan fingerprint density at radius 3 is 2.45 bits per heavy atom. The first-order chi connectivity index (χ1) is 17.9. The maximum Gasteiger partial charge on any atom is 0.231 e. The van der Waals surface area contributed by atoms with Crippen LogP contribution in [0.2, 0.25) is 5.02 Å². The minimum atomic E-state index is -0.470. The van der Waals surface area contributed by atoms with E-state index in [1.54, 1.807) is 13.2 Å². The van der Waals surface area contributed by atoms with E-state index in [-0.39, 0.29) is 41.3 Å². The van der Waals surface area contributed by atoms with E-state index in [4.69, 9.17) is 22.1 Å². The molecule has 9 heteroatoms. The van der Waals surface area contributed by atoms with Crippen LogP contribution in [0.5, 0.6) is 5.75 Å². The van der Waals surface area contributed by atoms with Gasteiger partial charge in [-0.2, -0.15) is 0 Å². The summed E-state index contributed by atoms with van der Waals surface area (Å²) < 4.78 is 10.6. The molecule has 3 atom stereocenters. The maximum atomic E-state index is 12.9. The fourth-order valence-corrected chi connectivity index (χ4v) is 4.62. The molecule has 1 unspecified atom stereocenters. The van der Waals surface area contributed by atoms with Gasteiger partial charge in [0, 0.05) is 43.2 Å². The molecule has 8 nitrogen and oxygen atoms in total. The van der Waals surface area contributed by atoms with Crippen LogP contribution in [0.3, 0.4) is 0 Å². The molecular weight excluding hydrogens is 504 g/mol. The molecule has 4 rings (SSSR count). The molecule has 3 aliphatic rings. The van der Waals surface area contributed by atoms with Gasteiger partial charge in [0.1, 0.15) is 11.4 Å². The van der Waals surface area contributed by atoms with Crippen molar-refractivity contribution in [2.75, 3.05) is 20.3 Å². The Hall–Kier alpha value is -2.76. The number of nitrogens with one attached hydrogen (secondary N) is 1. The Kier molecular flexibility index (Phi) is 12.6. The lowest BCUT2D eigenvalue weighted by Gasteiger charge is -2.38. The van der Waals surface area contributed by atoms with E-state index >= 15 is 0 Å². The zero-order valence-electron chi connectivity index (χ0n) is 24.1. The molecule has 2 aliphatic heterocycles. The molecule has 1 aromatic carbocycles. The van der Waals surface area contributed by atoms with Crippen LogP contribution >= 0.6 is 11.6 Å². The van der Waals surface area contributed by atoms with Crippen LogP contribution in [-0.4, -0.2) is 54.1 Å². The second-order valence-electron chi connectivity index (χ2n) is 10.5. The van der Waals surface area contributed by atoms with Crippen LogP contribution in [0.15, 0.2) is 23.2 Å². The van der Waals surface area contributed by atoms with Crippen molar-refractivity contribution >= 4 is 29.4 Å². The second kappa shape index (κ2) is 14.4. The quantitative estimate of drug-likeness (QED) is 0.506. The monoisotopic (exact) mass is 548 g/mol. The Morgan fingerprint density at radius 1 is 1.29 bits per heavy atom. The molecule has 0 spiro atoms. The van der Waals surface area contributed by atoms with Gasteiger partial charge in [0.25, 0.3) is 0 Å². The number of guanidine groups is 1. The molecule has 0 saturated heterocycles. The molecule has 2 heterocycles. The van der Waals surface area contributed by atoms with Crippen molar-refractivity contribution in [3.63, 3.8) is 0 Å². The molecular formula is C29H45ClN4O4. The van der Waals surface area contributed by atoms with Gasteiger partial charge in [0.05, 0.1) is 18.0 Å². The van der Waals surface area contributed by atoms with Gasteiger partial charge in [-0.15, -0.1) is 12.8 Å². The van der Waals surface area contributed by atoms with Crippen LogP contribution in [0.4, 0.5) is 0 Å². The highest BCUT2D eigenvalue weighted by atomic mass is 35.5. The smallest absolute Gasteiger partial charge is 0.231 e. The van der Waals surface area contributed by atoms with Gasteiger partial charge < -0.3 is 20.5 Å². The molecule has 1 saturated carbocycles. The van der Waals surface area contributed by atoms with Gasteiger partial charge in [-0.3, -0.25) is 14.5 Å². The third-order valence-electron chi connectivity index (χ3n) is 6.29. The summed E-state index contributed by atoms with van der Waals surface area (Å²) in [7, 11) is 1.68. The number of nitrogens with zero attached hydrogens (tertiary/aromatic N) is 2. The third kappa shape index (κ3) is 9.21. The topological polar surface area (TPSA) is 106 Å². The summed E-state index contributed by atoms with van der Waals surface area (Å²) in [6.45, 7) is 15.0. The zero-order chi connectivity index (χ0) is 29.3. The summed E-state index contributed by atoms with van der Waals surface area (Å²) in [4.78, 5) is 31.3. The molecule has 2 amide bonds. The lowest BCUT2D eigenvalue weighted by Crippen LogP contribution is -2.50. The predicted molar refractivity (Wildman–Crippen MR) is 154 cm³/mol. The molecule has 1 aromatic rings. The lowest BCUT2D eigenvalue weighted by atomic mass is 9.89. The Balaban J connectivity index is 0.000000811. The minimum absolute atomic E-state index is 0.00563. The lowest BCUT2D eigenvalue weighted by molar-refractivity contribution is -0.130. The van der Waals surface area contributed by atoms with E-state index in [9.17, 15) is 9.59 Å². The van der Waals surface area contributed by atoms with Gasteiger partial charge >= 0.3 is 0 Å². The minimum Gasteiger partial charge on any atom is -0.487 e. The fourth-order valence-electron chi connectivity index (χ4n) is 4.44. The van der Waals surface area contributed by atoms with Crippen LogP contribution in [0.25, 0.3) is 0 Å². The second-order valence-corrected chi connectivity index (χ2v) is 10.9. The van der Waals surface area contributed by atoms with Crippen molar-refractivity contribution in [1.82, 2.24) is 10.2 Å². The standard InChI is InChI=1S/C22H29ClN4O3.C3H8O.C2H6.C2H2/c1-21(2)10-18(28)27(20(24)26-21)11-12-7-14(12)19(29)25-16-9-22(3,4)30-17-6-5-13(23)8-15(16)17;1-3-4-2;2*1-2/h5-6,8,12,14,16H,7,9-11H2,1-4H3,(H2,24,26)(H,25,29);3H2,1-2H3;1-2H3;1-2H/t12-,14?,16+;;;/m1.../s1. The van der Waals surface area contributed by atoms with Gasteiger partial charge in [-0.1, -0.05) is 25.4 Å². The number of nitrogens with two attached hydrogens (primary N) is 1. The number of ether oxygens (including phenoxy) is 2. The number of hydrogen-bond acceptors (Lipinski definition) is 6. The van der Waals surface area contributed by atoms with E-state index in [2.05, 4.69) is 27.9 Å². The normalized spacial score (nSPS) is 23.8. The first kappa shape index (κ1) is 33.3. The van der Waals surface area contributed by atoms with E-state index in [1.165, 1.54) is 4.90 Å². The largest absolute Gasteiger partial charge is 0.487 e. The first-order valence-electron chi connectivity index (χ1n) is 13.1. The highest BCUT2D eigenvalue weighted by Gasteiger charge is 2.47. The summed E-state index contributed by atoms with van der Waals surface area (Å²) in [5.41, 5.74) is 6.06. The highest BCUT2D eigenvalue weighted by molar-refractivity contribution is 6.30. The number of aliphatic imine (C=N–C) groups is 1. The summed E-state index contributed by atoms with van der Waals surface area (Å²) in [5.74, 6) is 0.919. The van der Waals surface area contributed by atoms with E-state index in [0.717, 1.165) is 24.3 Å². The Bertz CT molecular complexity index is 1000. The van der Waals surface area contributed by atoms with Crippen LogP contribution < -0.4 is 15.8 Å². The van der Waals surface area contributed by atoms with Gasteiger partial charge in [-0.25, -0.2) is 4.99 Å². The molecule has 212 valence electrons. The summed E-state index contributed by atoms with van der Waals surface area (Å²) in [5, 5.41) is 3.79. The molecule has 3 N–H and O–H groups in total. The number of benzene rings is 1. The van der Waals surface area contributed by atoms with Crippen molar-refractivity contribution in [2.45, 2.75) is 84.9 Å². The average Bonchev–Trinajstić information content (AvgIpc) is 3.63. The number of hydrogen-bond donors (Lipinski definition) is 2. The van der Waals surface area contributed by atoms with Crippen molar-refractivity contribution in [3.05, 3.63) is 28.8 Å². The number of fused-ring (bicyclic) bond motifs is 1. The number of carbonyl (C=O) groups excluding carboxylic acids is 2. The molecule has 0 bridgehead atoms. The number of methoxy groups -OCH3 is 1. The van der Waals surface area contributed by atoms with E-state index in [0.29, 0.717) is 24.4 Å². The number of carbonyl (C=O) groups is 2. The molecule has 38 heavy (non-hydrogen) atoms. The van der Waals surface area contributed by atoms with Crippen molar-refractivity contribution in [1.29, 1.82) is 0 Å². The Labute approximate surface area is 233 Å². The van der Waals surface area contributed by atoms with Crippen molar-refractivity contribution in [3.8, 4) is 18.6 Å². The molecule has 1 aliphatic carbocycles. The Morgan fingerprint density at radius 2 is 1.89 bits per heavy atom. The van der Waals surface area contributed by atoms with Crippen LogP contribution in [0.1, 0.15) is 79.3 Å². The highest BCUT2D eigenvalue weighted by Crippen LogP contribution is 2.43. The molecule has 0 aromatic heterocycles. The van der Waals surface area contributed by atoms with Crippen LogP contribution in [-0.2, 0) is 14.3 Å². The third-order valence-corrected chi connectivity index (χ3v) is 6.52. The summed E-state index contributed by atoms with van der Waals surface area (Å²) in [6.07, 6.45) is 9.72. The van der Waals surface area contributed by atoms with Crippen LogP contribution in [0, 0.1) is 24.7 Å².